The second-order valence-corrected chi connectivity index (χ2v) is 10.7. The number of nitrogens with one attached hydrogen (secondary N) is 1. The predicted molar refractivity (Wildman–Crippen MR) is 144 cm³/mol. The highest BCUT2D eigenvalue weighted by Gasteiger charge is 2.37. The summed E-state index contributed by atoms with van der Waals surface area (Å²) in [7, 11) is 1.40. The van der Waals surface area contributed by atoms with Crippen LogP contribution in [-0.2, 0) is 31.8 Å². The number of methoxy groups -OCH3 is 1. The molecular formula is C30H40FN3O4. The van der Waals surface area contributed by atoms with Gasteiger partial charge in [-0.05, 0) is 98.7 Å². The zero-order valence-corrected chi connectivity index (χ0v) is 22.4. The maximum absolute atomic E-state index is 14.4. The molecule has 3 unspecified atom stereocenters. The maximum atomic E-state index is 14.4. The molecular weight excluding hydrogens is 485 g/mol. The van der Waals surface area contributed by atoms with Crippen molar-refractivity contribution in [1.82, 2.24) is 9.88 Å². The first kappa shape index (κ1) is 27.0. The topological polar surface area (TPSA) is 72.9 Å². The van der Waals surface area contributed by atoms with Crippen LogP contribution in [0.1, 0.15) is 73.1 Å². The van der Waals surface area contributed by atoms with Crippen molar-refractivity contribution in [1.29, 1.82) is 0 Å². The van der Waals surface area contributed by atoms with Crippen molar-refractivity contribution in [3.05, 3.63) is 58.5 Å². The summed E-state index contributed by atoms with van der Waals surface area (Å²) in [5.41, 5.74) is 3.97. The number of likely N-dealkylation sites (tertiary alicyclic amines) is 1. The fourth-order valence-corrected chi connectivity index (χ4v) is 5.99. The number of aromatic nitrogens is 1. The average Bonchev–Trinajstić information content (AvgIpc) is 3.41. The van der Waals surface area contributed by atoms with Crippen LogP contribution < -0.4 is 5.32 Å². The second kappa shape index (κ2) is 13.0. The third kappa shape index (κ3) is 6.53. The molecule has 5 rings (SSSR count). The molecule has 1 aromatic carbocycles. The normalized spacial score (nSPS) is 22.5. The fraction of sp³-hybridized carbons (Fsp3) is 0.600. The Bertz CT molecular complexity index is 1090. The number of nitrogens with zero attached hydrogens (tertiary/aromatic N) is 2. The molecule has 38 heavy (non-hydrogen) atoms. The number of aryl methyl sites for hydroxylation is 2. The zero-order chi connectivity index (χ0) is 26.3. The van der Waals surface area contributed by atoms with E-state index in [1.165, 1.54) is 31.2 Å². The summed E-state index contributed by atoms with van der Waals surface area (Å²) in [6.07, 6.45) is 7.85. The molecule has 3 atom stereocenters. The molecule has 1 aromatic heterocycles. The minimum absolute atomic E-state index is 0.117. The molecule has 206 valence electrons. The van der Waals surface area contributed by atoms with Crippen LogP contribution in [0.2, 0.25) is 0 Å². The molecule has 0 amide bonds. The molecule has 8 heteroatoms. The molecule has 4 heterocycles. The van der Waals surface area contributed by atoms with E-state index in [2.05, 4.69) is 22.3 Å². The highest BCUT2D eigenvalue weighted by molar-refractivity contribution is 5.78. The van der Waals surface area contributed by atoms with Gasteiger partial charge >= 0.3 is 5.97 Å². The molecule has 0 spiro atoms. The smallest absolute Gasteiger partial charge is 0.327 e. The molecule has 1 N–H and O–H groups in total. The number of hydrogen-bond donors (Lipinski definition) is 1. The van der Waals surface area contributed by atoms with Crippen LogP contribution in [0.4, 0.5) is 10.2 Å². The van der Waals surface area contributed by atoms with E-state index < -0.39 is 6.04 Å². The number of halogens is 1. The van der Waals surface area contributed by atoms with E-state index in [-0.39, 0.29) is 17.9 Å². The number of ether oxygens (including phenoxy) is 3. The fourth-order valence-electron chi connectivity index (χ4n) is 5.99. The van der Waals surface area contributed by atoms with Crippen molar-refractivity contribution in [3.63, 3.8) is 0 Å². The van der Waals surface area contributed by atoms with E-state index in [9.17, 15) is 9.18 Å². The molecule has 0 radical (unpaired) electrons. The lowest BCUT2D eigenvalue weighted by molar-refractivity contribution is -0.147. The highest BCUT2D eigenvalue weighted by atomic mass is 19.1. The van der Waals surface area contributed by atoms with Crippen molar-refractivity contribution in [3.8, 4) is 0 Å². The van der Waals surface area contributed by atoms with Crippen molar-refractivity contribution in [2.45, 2.75) is 63.5 Å². The van der Waals surface area contributed by atoms with Gasteiger partial charge in [-0.3, -0.25) is 4.90 Å². The Morgan fingerprint density at radius 1 is 1.24 bits per heavy atom. The van der Waals surface area contributed by atoms with Gasteiger partial charge < -0.3 is 19.5 Å². The van der Waals surface area contributed by atoms with Crippen LogP contribution in [0.5, 0.6) is 0 Å². The van der Waals surface area contributed by atoms with Crippen LogP contribution in [0.25, 0.3) is 0 Å². The van der Waals surface area contributed by atoms with Gasteiger partial charge in [-0.2, -0.15) is 0 Å². The van der Waals surface area contributed by atoms with Gasteiger partial charge in [-0.25, -0.2) is 14.2 Å². The molecule has 3 aliphatic rings. The number of rotatable bonds is 10. The van der Waals surface area contributed by atoms with E-state index in [0.29, 0.717) is 37.8 Å². The van der Waals surface area contributed by atoms with Gasteiger partial charge in [0.15, 0.2) is 0 Å². The summed E-state index contributed by atoms with van der Waals surface area (Å²) in [6, 6.07) is 8.41. The van der Waals surface area contributed by atoms with Crippen molar-refractivity contribution in [2.24, 2.45) is 5.92 Å². The molecule has 3 aliphatic heterocycles. The van der Waals surface area contributed by atoms with Crippen LogP contribution in [0.3, 0.4) is 0 Å². The monoisotopic (exact) mass is 525 g/mol. The first-order valence-electron chi connectivity index (χ1n) is 14.2. The van der Waals surface area contributed by atoms with E-state index in [1.807, 2.05) is 0 Å². The molecule has 0 bridgehead atoms. The summed E-state index contributed by atoms with van der Waals surface area (Å²) in [4.78, 5) is 19.9. The molecule has 2 aromatic rings. The summed E-state index contributed by atoms with van der Waals surface area (Å²) >= 11 is 0. The largest absolute Gasteiger partial charge is 0.468 e. The van der Waals surface area contributed by atoms with Gasteiger partial charge in [0, 0.05) is 32.0 Å². The lowest BCUT2D eigenvalue weighted by atomic mass is 9.92. The Kier molecular flexibility index (Phi) is 9.25. The number of carbonyl (C=O) groups excluding carboxylic acids is 1. The summed E-state index contributed by atoms with van der Waals surface area (Å²) in [5, 5.41) is 3.40. The summed E-state index contributed by atoms with van der Waals surface area (Å²) in [5.74, 6) is 0.645. The van der Waals surface area contributed by atoms with Gasteiger partial charge in [0.05, 0.1) is 19.8 Å². The summed E-state index contributed by atoms with van der Waals surface area (Å²) < 4.78 is 31.7. The quantitative estimate of drug-likeness (QED) is 0.346. The minimum Gasteiger partial charge on any atom is -0.468 e. The minimum atomic E-state index is -0.648. The molecule has 2 fully saturated rings. The SMILES string of the molecule is COC(=O)C(c1cc(F)ccc1C1CCCCO1)N1CCC(COCCCc2ccc3c(n2)NCCC3)C1. The first-order chi connectivity index (χ1) is 18.6. The maximum Gasteiger partial charge on any atom is 0.327 e. The third-order valence-corrected chi connectivity index (χ3v) is 8.00. The van der Waals surface area contributed by atoms with Crippen LogP contribution >= 0.6 is 0 Å². The van der Waals surface area contributed by atoms with Gasteiger partial charge in [-0.15, -0.1) is 0 Å². The first-order valence-corrected chi connectivity index (χ1v) is 14.2. The van der Waals surface area contributed by atoms with Gasteiger partial charge in [0.25, 0.3) is 0 Å². The van der Waals surface area contributed by atoms with Gasteiger partial charge in [-0.1, -0.05) is 12.1 Å². The van der Waals surface area contributed by atoms with Crippen LogP contribution in [-0.4, -0.2) is 62.4 Å². The number of benzene rings is 1. The Labute approximate surface area is 225 Å². The van der Waals surface area contributed by atoms with E-state index in [0.717, 1.165) is 75.1 Å². The van der Waals surface area contributed by atoms with Crippen molar-refractivity contribution in [2.75, 3.05) is 51.9 Å². The predicted octanol–water partition coefficient (Wildman–Crippen LogP) is 5.01. The Balaban J connectivity index is 1.15. The van der Waals surface area contributed by atoms with Crippen molar-refractivity contribution >= 4 is 11.8 Å². The average molecular weight is 526 g/mol. The third-order valence-electron chi connectivity index (χ3n) is 8.00. The summed E-state index contributed by atoms with van der Waals surface area (Å²) in [6.45, 7) is 4.45. The van der Waals surface area contributed by atoms with E-state index in [1.54, 1.807) is 6.07 Å². The molecule has 0 aliphatic carbocycles. The standard InChI is InChI=1S/C30H40FN3O4/c1-36-30(35)28(26-18-23(31)10-12-25(26)27-8-2-3-17-38-27)34-15-13-21(19-34)20-37-16-5-7-24-11-9-22-6-4-14-32-29(22)33-24/h9-12,18,21,27-28H,2-8,13-17,19-20H2,1H3,(H,32,33). The number of anilines is 1. The Morgan fingerprint density at radius 2 is 2.16 bits per heavy atom. The van der Waals surface area contributed by atoms with Gasteiger partial charge in [0.1, 0.15) is 17.7 Å². The van der Waals surface area contributed by atoms with Gasteiger partial charge in [0.2, 0.25) is 0 Å². The van der Waals surface area contributed by atoms with E-state index >= 15 is 0 Å². The number of hydrogen-bond acceptors (Lipinski definition) is 7. The lowest BCUT2D eigenvalue weighted by Gasteiger charge is -2.31. The molecule has 0 saturated carbocycles. The second-order valence-electron chi connectivity index (χ2n) is 10.7. The number of pyridine rings is 1. The molecule has 7 nitrogen and oxygen atoms in total. The Morgan fingerprint density at radius 3 is 3.00 bits per heavy atom. The van der Waals surface area contributed by atoms with E-state index in [4.69, 9.17) is 19.2 Å². The number of esters is 1. The number of carbonyl (C=O) groups is 1. The number of fused-ring (bicyclic) bond motifs is 1. The highest BCUT2D eigenvalue weighted by Crippen LogP contribution is 2.37. The van der Waals surface area contributed by atoms with Crippen LogP contribution in [0, 0.1) is 11.7 Å². The zero-order valence-electron chi connectivity index (χ0n) is 22.4. The lowest BCUT2D eigenvalue weighted by Crippen LogP contribution is -2.35. The Hall–Kier alpha value is -2.55. The molecule has 2 saturated heterocycles. The van der Waals surface area contributed by atoms with Crippen molar-refractivity contribution < 1.29 is 23.4 Å². The van der Waals surface area contributed by atoms with Crippen LogP contribution in [0.15, 0.2) is 30.3 Å².